The lowest BCUT2D eigenvalue weighted by atomic mass is 9.69. The van der Waals surface area contributed by atoms with Crippen molar-refractivity contribution in [3.05, 3.63) is 35.1 Å². The van der Waals surface area contributed by atoms with Crippen LogP contribution in [0.25, 0.3) is 0 Å². The van der Waals surface area contributed by atoms with Gasteiger partial charge in [0.25, 0.3) is 0 Å². The van der Waals surface area contributed by atoms with E-state index in [0.29, 0.717) is 11.8 Å². The van der Waals surface area contributed by atoms with Crippen LogP contribution in [0.2, 0.25) is 0 Å². The molecule has 1 aromatic carbocycles. The topological polar surface area (TPSA) is 23.8 Å². The van der Waals surface area contributed by atoms with Crippen LogP contribution in [0.15, 0.2) is 18.2 Å². The summed E-state index contributed by atoms with van der Waals surface area (Å²) in [7, 11) is 0. The van der Waals surface area contributed by atoms with Crippen LogP contribution in [-0.2, 0) is 0 Å². The van der Waals surface area contributed by atoms with Gasteiger partial charge in [-0.3, -0.25) is 0 Å². The molecular formula is C19H23F2N. The van der Waals surface area contributed by atoms with Crippen molar-refractivity contribution in [1.29, 1.82) is 5.26 Å². The second-order valence-corrected chi connectivity index (χ2v) is 6.97. The van der Waals surface area contributed by atoms with Crippen molar-refractivity contribution in [3.8, 4) is 6.07 Å². The third kappa shape index (κ3) is 3.32. The van der Waals surface area contributed by atoms with Crippen molar-refractivity contribution in [1.82, 2.24) is 0 Å². The monoisotopic (exact) mass is 303 g/mol. The van der Waals surface area contributed by atoms with Gasteiger partial charge in [-0.05, 0) is 86.8 Å². The molecule has 0 aliphatic heterocycles. The summed E-state index contributed by atoms with van der Waals surface area (Å²) in [6.07, 6.45) is 7.52. The molecule has 2 aliphatic rings. The number of nitrogens with zero attached hydrogens (tertiary/aromatic N) is 1. The molecule has 1 nitrogen and oxygen atoms in total. The molecule has 0 spiro atoms. The zero-order valence-electron chi connectivity index (χ0n) is 12.9. The Kier molecular flexibility index (Phi) is 4.76. The summed E-state index contributed by atoms with van der Waals surface area (Å²) in [5, 5.41) is 8.80. The fourth-order valence-corrected chi connectivity index (χ4v) is 4.35. The molecule has 22 heavy (non-hydrogen) atoms. The zero-order valence-corrected chi connectivity index (χ0v) is 12.9. The van der Waals surface area contributed by atoms with Gasteiger partial charge < -0.3 is 0 Å². The van der Waals surface area contributed by atoms with E-state index in [0.717, 1.165) is 50.0 Å². The molecule has 2 aliphatic carbocycles. The van der Waals surface area contributed by atoms with Crippen LogP contribution in [0.4, 0.5) is 8.78 Å². The van der Waals surface area contributed by atoms with Crippen LogP contribution in [0, 0.1) is 29.0 Å². The SMILES string of the molecule is N#Cc1ccc(C2CCC(C3CCC(F)CC3)CC2)cc1F. The first-order valence-electron chi connectivity index (χ1n) is 8.51. The molecule has 3 heteroatoms. The molecule has 0 bridgehead atoms. The molecule has 0 amide bonds. The van der Waals surface area contributed by atoms with E-state index in [2.05, 4.69) is 0 Å². The largest absolute Gasteiger partial charge is 0.247 e. The molecule has 0 N–H and O–H groups in total. The van der Waals surface area contributed by atoms with Crippen molar-refractivity contribution >= 4 is 0 Å². The van der Waals surface area contributed by atoms with Crippen molar-refractivity contribution in [2.45, 2.75) is 63.5 Å². The van der Waals surface area contributed by atoms with E-state index < -0.39 is 12.0 Å². The Labute approximate surface area is 131 Å². The molecule has 2 saturated carbocycles. The van der Waals surface area contributed by atoms with Crippen LogP contribution >= 0.6 is 0 Å². The highest BCUT2D eigenvalue weighted by Gasteiger charge is 2.31. The second-order valence-electron chi connectivity index (χ2n) is 6.97. The Bertz CT molecular complexity index is 547. The number of alkyl halides is 1. The van der Waals surface area contributed by atoms with E-state index in [4.69, 9.17) is 5.26 Å². The van der Waals surface area contributed by atoms with E-state index in [-0.39, 0.29) is 5.56 Å². The van der Waals surface area contributed by atoms with Crippen molar-refractivity contribution in [2.75, 3.05) is 0 Å². The van der Waals surface area contributed by atoms with Gasteiger partial charge in [-0.1, -0.05) is 6.07 Å². The summed E-state index contributed by atoms with van der Waals surface area (Å²) in [5.41, 5.74) is 1.16. The third-order valence-electron chi connectivity index (χ3n) is 5.72. The van der Waals surface area contributed by atoms with Gasteiger partial charge in [0.15, 0.2) is 0 Å². The maximum absolute atomic E-state index is 13.8. The molecule has 3 rings (SSSR count). The fourth-order valence-electron chi connectivity index (χ4n) is 4.35. The average molecular weight is 303 g/mol. The molecule has 118 valence electrons. The van der Waals surface area contributed by atoms with E-state index >= 15 is 0 Å². The minimum absolute atomic E-state index is 0.125. The summed E-state index contributed by atoms with van der Waals surface area (Å²) in [6, 6.07) is 6.91. The maximum atomic E-state index is 13.8. The van der Waals surface area contributed by atoms with Gasteiger partial charge in [-0.25, -0.2) is 8.78 Å². The molecule has 0 radical (unpaired) electrons. The van der Waals surface area contributed by atoms with Crippen LogP contribution in [0.5, 0.6) is 0 Å². The van der Waals surface area contributed by atoms with Gasteiger partial charge in [0.2, 0.25) is 0 Å². The Hall–Kier alpha value is -1.43. The molecule has 1 aromatic rings. The van der Waals surface area contributed by atoms with E-state index in [1.165, 1.54) is 18.9 Å². The third-order valence-corrected chi connectivity index (χ3v) is 5.72. The Morgan fingerprint density at radius 1 is 0.909 bits per heavy atom. The molecule has 2 fully saturated rings. The number of nitriles is 1. The summed E-state index contributed by atoms with van der Waals surface area (Å²) in [4.78, 5) is 0. The number of halogens is 2. The van der Waals surface area contributed by atoms with Crippen molar-refractivity contribution < 1.29 is 8.78 Å². The van der Waals surface area contributed by atoms with Crippen LogP contribution in [0.3, 0.4) is 0 Å². The lowest BCUT2D eigenvalue weighted by molar-refractivity contribution is 0.138. The highest BCUT2D eigenvalue weighted by molar-refractivity contribution is 5.34. The summed E-state index contributed by atoms with van der Waals surface area (Å²) in [6.45, 7) is 0. The molecule has 0 atom stereocenters. The molecular weight excluding hydrogens is 280 g/mol. The molecule has 0 heterocycles. The van der Waals surface area contributed by atoms with Crippen LogP contribution in [-0.4, -0.2) is 6.17 Å². The average Bonchev–Trinajstić information content (AvgIpc) is 2.56. The first-order chi connectivity index (χ1) is 10.7. The highest BCUT2D eigenvalue weighted by Crippen LogP contribution is 2.43. The normalized spacial score (nSPS) is 32.4. The lowest BCUT2D eigenvalue weighted by Gasteiger charge is -2.36. The van der Waals surface area contributed by atoms with Gasteiger partial charge in [0, 0.05) is 0 Å². The predicted octanol–water partition coefficient (Wildman–Crippen LogP) is 5.50. The first kappa shape index (κ1) is 15.5. The van der Waals surface area contributed by atoms with Gasteiger partial charge >= 0.3 is 0 Å². The summed E-state index contributed by atoms with van der Waals surface area (Å²) >= 11 is 0. The van der Waals surface area contributed by atoms with Crippen molar-refractivity contribution in [3.63, 3.8) is 0 Å². The quantitative estimate of drug-likeness (QED) is 0.707. The van der Waals surface area contributed by atoms with Gasteiger partial charge in [0.05, 0.1) is 5.56 Å². The van der Waals surface area contributed by atoms with E-state index in [1.54, 1.807) is 6.07 Å². The van der Waals surface area contributed by atoms with Gasteiger partial charge in [0.1, 0.15) is 18.1 Å². The van der Waals surface area contributed by atoms with Crippen LogP contribution < -0.4 is 0 Å². The molecule has 0 aromatic heterocycles. The number of rotatable bonds is 2. The zero-order chi connectivity index (χ0) is 15.5. The maximum Gasteiger partial charge on any atom is 0.141 e. The highest BCUT2D eigenvalue weighted by atomic mass is 19.1. The Balaban J connectivity index is 1.57. The molecule has 0 unspecified atom stereocenters. The minimum Gasteiger partial charge on any atom is -0.247 e. The number of hydrogen-bond acceptors (Lipinski definition) is 1. The van der Waals surface area contributed by atoms with E-state index in [9.17, 15) is 8.78 Å². The Morgan fingerprint density at radius 2 is 1.50 bits per heavy atom. The predicted molar refractivity (Wildman–Crippen MR) is 82.7 cm³/mol. The van der Waals surface area contributed by atoms with Gasteiger partial charge in [-0.2, -0.15) is 5.26 Å². The van der Waals surface area contributed by atoms with E-state index in [1.807, 2.05) is 12.1 Å². The van der Waals surface area contributed by atoms with Crippen LogP contribution in [0.1, 0.15) is 68.4 Å². The standard InChI is InChI=1S/C19H23F2N/c20-18-9-7-14(8-10-18)13-1-3-15(4-2-13)16-5-6-17(12-22)19(21)11-16/h5-6,11,13-15,18H,1-4,7-10H2. The minimum atomic E-state index is -0.575. The molecule has 0 saturated heterocycles. The second kappa shape index (κ2) is 6.77. The fraction of sp³-hybridized carbons (Fsp3) is 0.632. The lowest BCUT2D eigenvalue weighted by Crippen LogP contribution is -2.25. The number of benzene rings is 1. The van der Waals surface area contributed by atoms with Crippen molar-refractivity contribution in [2.24, 2.45) is 11.8 Å². The Morgan fingerprint density at radius 3 is 2.05 bits per heavy atom. The number of hydrogen-bond donors (Lipinski definition) is 0. The van der Waals surface area contributed by atoms with Gasteiger partial charge in [-0.15, -0.1) is 0 Å². The summed E-state index contributed by atoms with van der Waals surface area (Å²) < 4.78 is 27.0. The summed E-state index contributed by atoms with van der Waals surface area (Å²) in [5.74, 6) is 1.44. The first-order valence-corrected chi connectivity index (χ1v) is 8.51. The smallest absolute Gasteiger partial charge is 0.141 e.